The van der Waals surface area contributed by atoms with E-state index in [2.05, 4.69) is 25.8 Å². The minimum atomic E-state index is -0.332. The van der Waals surface area contributed by atoms with Gasteiger partial charge >= 0.3 is 6.09 Å². The normalized spacial score (nSPS) is 21.8. The topological polar surface area (TPSA) is 109 Å². The van der Waals surface area contributed by atoms with E-state index in [1.54, 1.807) is 12.3 Å². The number of anilines is 1. The van der Waals surface area contributed by atoms with Crippen molar-refractivity contribution >= 4 is 29.4 Å². The highest BCUT2D eigenvalue weighted by molar-refractivity contribution is 6.31. The number of rotatable bonds is 6. The van der Waals surface area contributed by atoms with Crippen LogP contribution < -0.4 is 10.6 Å². The number of pyridine rings is 1. The molecule has 9 heteroatoms. The summed E-state index contributed by atoms with van der Waals surface area (Å²) < 4.78 is 5.43. The van der Waals surface area contributed by atoms with Gasteiger partial charge in [-0.2, -0.15) is 5.10 Å². The molecule has 2 heterocycles. The van der Waals surface area contributed by atoms with Gasteiger partial charge in [0.25, 0.3) is 0 Å². The van der Waals surface area contributed by atoms with Gasteiger partial charge in [0.1, 0.15) is 5.60 Å². The number of aromatic nitrogens is 3. The van der Waals surface area contributed by atoms with Gasteiger partial charge in [-0.05, 0) is 57.6 Å². The van der Waals surface area contributed by atoms with E-state index in [1.807, 2.05) is 19.9 Å². The molecule has 2 aromatic rings. The van der Waals surface area contributed by atoms with Gasteiger partial charge in [-0.15, -0.1) is 0 Å². The third-order valence-corrected chi connectivity index (χ3v) is 6.06. The Labute approximate surface area is 180 Å². The van der Waals surface area contributed by atoms with E-state index in [1.165, 1.54) is 0 Å². The molecule has 160 valence electrons. The van der Waals surface area contributed by atoms with Gasteiger partial charge in [0, 0.05) is 29.9 Å². The Hall–Kier alpha value is -2.61. The summed E-state index contributed by atoms with van der Waals surface area (Å²) in [7, 11) is 0. The van der Waals surface area contributed by atoms with E-state index in [9.17, 15) is 9.59 Å². The molecule has 2 aromatic heterocycles. The number of H-pyrrole nitrogens is 1. The van der Waals surface area contributed by atoms with Gasteiger partial charge in [-0.1, -0.05) is 11.6 Å². The molecule has 3 N–H and O–H groups in total. The smallest absolute Gasteiger partial charge is 0.407 e. The summed E-state index contributed by atoms with van der Waals surface area (Å²) in [5, 5.41) is 13.4. The molecule has 0 unspecified atom stereocenters. The number of halogens is 1. The summed E-state index contributed by atoms with van der Waals surface area (Å²) in [5.74, 6) is 0.488. The number of carbonyl (C=O) groups is 2. The number of hydrogen-bond acceptors (Lipinski definition) is 5. The Bertz CT molecular complexity index is 956. The number of ether oxygens (including phenoxy) is 1. The predicted octanol–water partition coefficient (Wildman–Crippen LogP) is 3.86. The Balaban J connectivity index is 1.27. The third-order valence-electron chi connectivity index (χ3n) is 5.73. The van der Waals surface area contributed by atoms with Crippen molar-refractivity contribution in [1.82, 2.24) is 20.5 Å². The van der Waals surface area contributed by atoms with Crippen LogP contribution in [0.25, 0.3) is 0 Å². The SMILES string of the molecule is Cc1cnc(CC(=O)Nc2cc([C@H]3CC[C@@H](NC(=O)OC4(C)CC4)C3)[nH]n2)c(Cl)c1. The zero-order chi connectivity index (χ0) is 21.3. The monoisotopic (exact) mass is 431 g/mol. The molecule has 2 fully saturated rings. The van der Waals surface area contributed by atoms with Crippen molar-refractivity contribution in [2.75, 3.05) is 5.32 Å². The number of carbonyl (C=O) groups excluding carboxylic acids is 2. The van der Waals surface area contributed by atoms with E-state index >= 15 is 0 Å². The highest BCUT2D eigenvalue weighted by Crippen LogP contribution is 2.39. The molecular formula is C21H26ClN5O3. The van der Waals surface area contributed by atoms with Crippen molar-refractivity contribution in [3.05, 3.63) is 40.3 Å². The number of nitrogens with one attached hydrogen (secondary N) is 3. The zero-order valence-electron chi connectivity index (χ0n) is 17.1. The fourth-order valence-corrected chi connectivity index (χ4v) is 4.02. The molecule has 0 radical (unpaired) electrons. The molecule has 30 heavy (non-hydrogen) atoms. The molecule has 2 aliphatic carbocycles. The van der Waals surface area contributed by atoms with Gasteiger partial charge in [-0.25, -0.2) is 4.79 Å². The van der Waals surface area contributed by atoms with Crippen LogP contribution in [0.15, 0.2) is 18.3 Å². The second-order valence-corrected chi connectivity index (χ2v) is 8.97. The summed E-state index contributed by atoms with van der Waals surface area (Å²) in [6, 6.07) is 3.72. The molecule has 2 saturated carbocycles. The first kappa shape index (κ1) is 20.7. The quantitative estimate of drug-likeness (QED) is 0.643. The second kappa shape index (κ2) is 8.26. The average molecular weight is 432 g/mol. The number of aryl methyl sites for hydroxylation is 1. The van der Waals surface area contributed by atoms with Crippen LogP contribution in [0, 0.1) is 6.92 Å². The van der Waals surface area contributed by atoms with Gasteiger partial charge in [-0.3, -0.25) is 14.9 Å². The number of amides is 2. The fraction of sp³-hybridized carbons (Fsp3) is 0.524. The first-order chi connectivity index (χ1) is 14.3. The van der Waals surface area contributed by atoms with Crippen LogP contribution in [-0.2, 0) is 16.0 Å². The largest absolute Gasteiger partial charge is 0.443 e. The van der Waals surface area contributed by atoms with E-state index < -0.39 is 0 Å². The molecule has 0 saturated heterocycles. The summed E-state index contributed by atoms with van der Waals surface area (Å²) in [4.78, 5) is 28.5. The van der Waals surface area contributed by atoms with Crippen LogP contribution in [0.2, 0.25) is 5.02 Å². The van der Waals surface area contributed by atoms with Crippen molar-refractivity contribution in [2.24, 2.45) is 0 Å². The molecule has 0 spiro atoms. The van der Waals surface area contributed by atoms with Crippen molar-refractivity contribution in [1.29, 1.82) is 0 Å². The van der Waals surface area contributed by atoms with E-state index in [-0.39, 0.29) is 36.0 Å². The maximum atomic E-state index is 12.3. The Morgan fingerprint density at radius 2 is 2.13 bits per heavy atom. The van der Waals surface area contributed by atoms with E-state index in [4.69, 9.17) is 16.3 Å². The molecule has 0 bridgehead atoms. The molecular weight excluding hydrogens is 406 g/mol. The van der Waals surface area contributed by atoms with Gasteiger partial charge in [0.15, 0.2) is 5.82 Å². The molecule has 2 atom stereocenters. The minimum absolute atomic E-state index is 0.0811. The lowest BCUT2D eigenvalue weighted by atomic mass is 10.0. The van der Waals surface area contributed by atoms with Crippen LogP contribution in [-0.4, -0.2) is 38.8 Å². The summed E-state index contributed by atoms with van der Waals surface area (Å²) >= 11 is 6.15. The van der Waals surface area contributed by atoms with Crippen LogP contribution in [0.3, 0.4) is 0 Å². The van der Waals surface area contributed by atoms with Crippen LogP contribution in [0.1, 0.15) is 61.9 Å². The highest BCUT2D eigenvalue weighted by Gasteiger charge is 2.42. The molecule has 4 rings (SSSR count). The van der Waals surface area contributed by atoms with Gasteiger partial charge < -0.3 is 15.4 Å². The first-order valence-electron chi connectivity index (χ1n) is 10.3. The van der Waals surface area contributed by atoms with E-state index in [0.29, 0.717) is 16.5 Å². The van der Waals surface area contributed by atoms with Crippen molar-refractivity contribution in [3.8, 4) is 0 Å². The summed E-state index contributed by atoms with van der Waals surface area (Å²) in [5.41, 5.74) is 2.16. The lowest BCUT2D eigenvalue weighted by molar-refractivity contribution is -0.115. The molecule has 2 amide bonds. The van der Waals surface area contributed by atoms with Crippen LogP contribution in [0.5, 0.6) is 0 Å². The van der Waals surface area contributed by atoms with Crippen molar-refractivity contribution in [3.63, 3.8) is 0 Å². The highest BCUT2D eigenvalue weighted by atomic mass is 35.5. The molecule has 0 aromatic carbocycles. The Kier molecular flexibility index (Phi) is 5.69. The average Bonchev–Trinajstić information content (AvgIpc) is 3.07. The lowest BCUT2D eigenvalue weighted by Crippen LogP contribution is -2.35. The maximum Gasteiger partial charge on any atom is 0.407 e. The molecule has 0 aliphatic heterocycles. The Morgan fingerprint density at radius 1 is 1.33 bits per heavy atom. The van der Waals surface area contributed by atoms with Crippen molar-refractivity contribution in [2.45, 2.75) is 69.9 Å². The van der Waals surface area contributed by atoms with Gasteiger partial charge in [0.05, 0.1) is 17.1 Å². The predicted molar refractivity (Wildman–Crippen MR) is 113 cm³/mol. The number of alkyl carbamates (subject to hydrolysis) is 1. The number of hydrogen-bond donors (Lipinski definition) is 3. The lowest BCUT2D eigenvalue weighted by Gasteiger charge is -2.16. The van der Waals surface area contributed by atoms with Gasteiger partial charge in [0.2, 0.25) is 5.91 Å². The second-order valence-electron chi connectivity index (χ2n) is 8.57. The van der Waals surface area contributed by atoms with Crippen LogP contribution >= 0.6 is 11.6 Å². The molecule has 8 nitrogen and oxygen atoms in total. The molecule has 2 aliphatic rings. The number of nitrogens with zero attached hydrogens (tertiary/aromatic N) is 2. The maximum absolute atomic E-state index is 12.3. The zero-order valence-corrected chi connectivity index (χ0v) is 17.9. The number of aromatic amines is 1. The fourth-order valence-electron chi connectivity index (χ4n) is 3.73. The first-order valence-corrected chi connectivity index (χ1v) is 10.6. The Morgan fingerprint density at radius 3 is 2.87 bits per heavy atom. The summed E-state index contributed by atoms with van der Waals surface area (Å²) in [6.45, 7) is 3.85. The third kappa shape index (κ3) is 5.11. The van der Waals surface area contributed by atoms with Crippen molar-refractivity contribution < 1.29 is 14.3 Å². The van der Waals surface area contributed by atoms with Crippen LogP contribution in [0.4, 0.5) is 10.6 Å². The van der Waals surface area contributed by atoms with E-state index in [0.717, 1.165) is 43.4 Å². The minimum Gasteiger partial charge on any atom is -0.443 e. The summed E-state index contributed by atoms with van der Waals surface area (Å²) in [6.07, 6.45) is 5.93. The standard InChI is InChI=1S/C21H26ClN5O3/c1-12-7-15(22)17(23-11-12)10-19(28)25-18-9-16(26-27-18)13-3-4-14(8-13)24-20(29)30-21(2)5-6-21/h7,9,11,13-14H,3-6,8,10H2,1-2H3,(H,24,29)(H2,25,26,27,28)/t13-,14+/m0/s1.